The number of rotatable bonds is 5. The fourth-order valence-corrected chi connectivity index (χ4v) is 3.29. The lowest BCUT2D eigenvalue weighted by molar-refractivity contribution is 0.0707. The summed E-state index contributed by atoms with van der Waals surface area (Å²) >= 11 is 0. The second kappa shape index (κ2) is 7.24. The molecule has 0 saturated carbocycles. The molecule has 1 aliphatic rings. The van der Waals surface area contributed by atoms with E-state index in [0.29, 0.717) is 0 Å². The predicted molar refractivity (Wildman–Crippen MR) is 84.6 cm³/mol. The summed E-state index contributed by atoms with van der Waals surface area (Å²) in [5.74, 6) is 1.98. The summed E-state index contributed by atoms with van der Waals surface area (Å²) in [7, 11) is 0. The molecule has 1 fully saturated rings. The van der Waals surface area contributed by atoms with Crippen molar-refractivity contribution >= 4 is 0 Å². The molecule has 112 valence electrons. The smallest absolute Gasteiger partial charge is 0.0827 e. The SMILES string of the molecule is CC(C)C1CCN(CC(C)C(O)c2ccccc2)CC1. The van der Waals surface area contributed by atoms with Gasteiger partial charge in [0.15, 0.2) is 0 Å². The van der Waals surface area contributed by atoms with Gasteiger partial charge in [0.2, 0.25) is 0 Å². The van der Waals surface area contributed by atoms with Crippen LogP contribution < -0.4 is 0 Å². The summed E-state index contributed by atoms with van der Waals surface area (Å²) in [6.07, 6.45) is 2.27. The van der Waals surface area contributed by atoms with Crippen LogP contribution in [-0.4, -0.2) is 29.6 Å². The Balaban J connectivity index is 1.82. The Bertz CT molecular complexity index is 382. The van der Waals surface area contributed by atoms with Gasteiger partial charge in [-0.3, -0.25) is 0 Å². The summed E-state index contributed by atoms with van der Waals surface area (Å²) in [6.45, 7) is 10.2. The van der Waals surface area contributed by atoms with Crippen molar-refractivity contribution in [3.8, 4) is 0 Å². The molecular weight excluding hydrogens is 246 g/mol. The van der Waals surface area contributed by atoms with Gasteiger partial charge in [-0.15, -0.1) is 0 Å². The molecule has 0 aromatic heterocycles. The normalized spacial score (nSPS) is 21.1. The first-order chi connectivity index (χ1) is 9.58. The molecule has 2 unspecified atom stereocenters. The average Bonchev–Trinajstić information content (AvgIpc) is 2.48. The molecule has 0 amide bonds. The monoisotopic (exact) mass is 275 g/mol. The molecule has 0 radical (unpaired) electrons. The summed E-state index contributed by atoms with van der Waals surface area (Å²) in [6, 6.07) is 10.0. The quantitative estimate of drug-likeness (QED) is 0.885. The van der Waals surface area contributed by atoms with E-state index in [0.717, 1.165) is 23.9 Å². The average molecular weight is 275 g/mol. The molecular formula is C18H29NO. The van der Waals surface area contributed by atoms with E-state index < -0.39 is 0 Å². The molecule has 1 saturated heterocycles. The van der Waals surface area contributed by atoms with Crippen molar-refractivity contribution < 1.29 is 5.11 Å². The van der Waals surface area contributed by atoms with Crippen molar-refractivity contribution in [3.05, 3.63) is 35.9 Å². The Kier molecular flexibility index (Phi) is 5.62. The largest absolute Gasteiger partial charge is 0.388 e. The molecule has 2 nitrogen and oxygen atoms in total. The Morgan fingerprint density at radius 1 is 1.10 bits per heavy atom. The first-order valence-electron chi connectivity index (χ1n) is 8.03. The minimum Gasteiger partial charge on any atom is -0.388 e. The van der Waals surface area contributed by atoms with E-state index in [1.54, 1.807) is 0 Å². The fraction of sp³-hybridized carbons (Fsp3) is 0.667. The molecule has 2 heteroatoms. The third-order valence-corrected chi connectivity index (χ3v) is 4.80. The molecule has 2 rings (SSSR count). The lowest BCUT2D eigenvalue weighted by atomic mass is 9.86. The first kappa shape index (κ1) is 15.5. The number of hydrogen-bond donors (Lipinski definition) is 1. The Morgan fingerprint density at radius 3 is 2.25 bits per heavy atom. The number of likely N-dealkylation sites (tertiary alicyclic amines) is 1. The number of aliphatic hydroxyl groups is 1. The number of piperidine rings is 1. The molecule has 1 aliphatic heterocycles. The zero-order valence-electron chi connectivity index (χ0n) is 13.1. The van der Waals surface area contributed by atoms with Crippen LogP contribution in [0.5, 0.6) is 0 Å². The number of hydrogen-bond acceptors (Lipinski definition) is 2. The topological polar surface area (TPSA) is 23.5 Å². The van der Waals surface area contributed by atoms with Crippen molar-refractivity contribution in [1.82, 2.24) is 4.90 Å². The van der Waals surface area contributed by atoms with Crippen molar-refractivity contribution in [2.75, 3.05) is 19.6 Å². The fourth-order valence-electron chi connectivity index (χ4n) is 3.29. The summed E-state index contributed by atoms with van der Waals surface area (Å²) < 4.78 is 0. The highest BCUT2D eigenvalue weighted by Gasteiger charge is 2.24. The van der Waals surface area contributed by atoms with E-state index in [4.69, 9.17) is 0 Å². The standard InChI is InChI=1S/C18H29NO/c1-14(2)16-9-11-19(12-10-16)13-15(3)18(20)17-7-5-4-6-8-17/h4-8,14-16,18,20H,9-13H2,1-3H3. The van der Waals surface area contributed by atoms with Crippen molar-refractivity contribution in [3.63, 3.8) is 0 Å². The van der Waals surface area contributed by atoms with Gasteiger partial charge in [0, 0.05) is 6.54 Å². The van der Waals surface area contributed by atoms with Gasteiger partial charge in [0.05, 0.1) is 6.10 Å². The van der Waals surface area contributed by atoms with Crippen LogP contribution in [0.4, 0.5) is 0 Å². The lowest BCUT2D eigenvalue weighted by Gasteiger charge is -2.36. The lowest BCUT2D eigenvalue weighted by Crippen LogP contribution is -2.38. The summed E-state index contributed by atoms with van der Waals surface area (Å²) in [5.41, 5.74) is 1.04. The third-order valence-electron chi connectivity index (χ3n) is 4.80. The molecule has 0 spiro atoms. The molecule has 0 bridgehead atoms. The molecule has 1 N–H and O–H groups in total. The first-order valence-corrected chi connectivity index (χ1v) is 8.03. The van der Waals surface area contributed by atoms with Crippen molar-refractivity contribution in [2.24, 2.45) is 17.8 Å². The van der Waals surface area contributed by atoms with E-state index in [2.05, 4.69) is 25.7 Å². The minimum atomic E-state index is -0.348. The molecule has 2 atom stereocenters. The summed E-state index contributed by atoms with van der Waals surface area (Å²) in [4.78, 5) is 2.52. The number of nitrogens with zero attached hydrogens (tertiary/aromatic N) is 1. The van der Waals surface area contributed by atoms with Gasteiger partial charge in [0.25, 0.3) is 0 Å². The van der Waals surface area contributed by atoms with Gasteiger partial charge in [0.1, 0.15) is 0 Å². The van der Waals surface area contributed by atoms with Crippen molar-refractivity contribution in [2.45, 2.75) is 39.7 Å². The molecule has 1 heterocycles. The van der Waals surface area contributed by atoms with E-state index in [-0.39, 0.29) is 12.0 Å². The van der Waals surface area contributed by atoms with E-state index >= 15 is 0 Å². The second-order valence-electron chi connectivity index (χ2n) is 6.71. The van der Waals surface area contributed by atoms with Gasteiger partial charge >= 0.3 is 0 Å². The van der Waals surface area contributed by atoms with Crippen molar-refractivity contribution in [1.29, 1.82) is 0 Å². The predicted octanol–water partition coefficient (Wildman–Crippen LogP) is 3.72. The van der Waals surface area contributed by atoms with Gasteiger partial charge < -0.3 is 10.0 Å². The number of benzene rings is 1. The van der Waals surface area contributed by atoms with Crippen LogP contribution in [0.25, 0.3) is 0 Å². The minimum absolute atomic E-state index is 0.285. The molecule has 0 aliphatic carbocycles. The number of aliphatic hydroxyl groups excluding tert-OH is 1. The zero-order valence-corrected chi connectivity index (χ0v) is 13.1. The van der Waals surface area contributed by atoms with Gasteiger partial charge in [-0.05, 0) is 49.2 Å². The highest BCUT2D eigenvalue weighted by molar-refractivity contribution is 5.17. The second-order valence-corrected chi connectivity index (χ2v) is 6.71. The Morgan fingerprint density at radius 2 is 1.70 bits per heavy atom. The van der Waals surface area contributed by atoms with E-state index in [1.807, 2.05) is 30.3 Å². The molecule has 1 aromatic rings. The van der Waals surface area contributed by atoms with E-state index in [9.17, 15) is 5.11 Å². The molecule has 20 heavy (non-hydrogen) atoms. The maximum atomic E-state index is 10.4. The van der Waals surface area contributed by atoms with E-state index in [1.165, 1.54) is 25.9 Å². The summed E-state index contributed by atoms with van der Waals surface area (Å²) in [5, 5.41) is 10.4. The van der Waals surface area contributed by atoms with Crippen LogP contribution >= 0.6 is 0 Å². The van der Waals surface area contributed by atoms with Gasteiger partial charge in [-0.25, -0.2) is 0 Å². The molecule has 1 aromatic carbocycles. The maximum absolute atomic E-state index is 10.4. The zero-order chi connectivity index (χ0) is 14.5. The Labute approximate surface area is 123 Å². The van der Waals surface area contributed by atoms with Crippen LogP contribution in [0.1, 0.15) is 45.3 Å². The van der Waals surface area contributed by atoms with Gasteiger partial charge in [-0.2, -0.15) is 0 Å². The van der Waals surface area contributed by atoms with Crippen LogP contribution in [0.15, 0.2) is 30.3 Å². The third kappa shape index (κ3) is 4.07. The van der Waals surface area contributed by atoms with Crippen LogP contribution in [-0.2, 0) is 0 Å². The maximum Gasteiger partial charge on any atom is 0.0827 e. The van der Waals surface area contributed by atoms with Crippen LogP contribution in [0, 0.1) is 17.8 Å². The van der Waals surface area contributed by atoms with Crippen LogP contribution in [0.2, 0.25) is 0 Å². The Hall–Kier alpha value is -0.860. The van der Waals surface area contributed by atoms with Gasteiger partial charge in [-0.1, -0.05) is 51.1 Å². The van der Waals surface area contributed by atoms with Crippen LogP contribution in [0.3, 0.4) is 0 Å². The highest BCUT2D eigenvalue weighted by atomic mass is 16.3. The highest BCUT2D eigenvalue weighted by Crippen LogP contribution is 2.27.